The molecule has 0 aliphatic rings. The molecule has 2 aromatic heterocycles. The van der Waals surface area contributed by atoms with Crippen LogP contribution < -0.4 is 0 Å². The number of thiophene rings is 1. The number of hydrogen-bond donors (Lipinski definition) is 0. The van der Waals surface area contributed by atoms with Gasteiger partial charge in [0.25, 0.3) is 0 Å². The van der Waals surface area contributed by atoms with E-state index in [1.165, 1.54) is 47.7 Å². The van der Waals surface area contributed by atoms with Crippen LogP contribution in [0, 0.1) is 0 Å². The van der Waals surface area contributed by atoms with Crippen molar-refractivity contribution in [2.75, 3.05) is 0 Å². The number of hydrogen-bond acceptors (Lipinski definition) is 1. The van der Waals surface area contributed by atoms with Crippen LogP contribution in [0.2, 0.25) is 0 Å². The van der Waals surface area contributed by atoms with Gasteiger partial charge < -0.3 is 4.57 Å². The van der Waals surface area contributed by atoms with Crippen LogP contribution in [-0.2, 0) is 0 Å². The summed E-state index contributed by atoms with van der Waals surface area (Å²) in [6.07, 6.45) is 0. The number of aromatic nitrogens is 1. The lowest BCUT2D eigenvalue weighted by atomic mass is 10.1. The fourth-order valence-electron chi connectivity index (χ4n) is 4.10. The molecule has 4 aromatic carbocycles. The molecule has 0 aliphatic carbocycles. The van der Waals surface area contributed by atoms with Crippen molar-refractivity contribution >= 4 is 69.2 Å². The highest BCUT2D eigenvalue weighted by Crippen LogP contribution is 2.39. The van der Waals surface area contributed by atoms with Gasteiger partial charge in [-0.25, -0.2) is 0 Å². The maximum atomic E-state index is 3.79. The molecule has 6 rings (SSSR count). The molecular formula is C24H14BrNS. The highest BCUT2D eigenvalue weighted by molar-refractivity contribution is 9.10. The van der Waals surface area contributed by atoms with E-state index in [9.17, 15) is 0 Å². The quantitative estimate of drug-likeness (QED) is 0.251. The first-order valence-corrected chi connectivity index (χ1v) is 10.5. The van der Waals surface area contributed by atoms with Gasteiger partial charge in [-0.1, -0.05) is 48.5 Å². The van der Waals surface area contributed by atoms with Gasteiger partial charge in [-0.15, -0.1) is 11.3 Å². The Bertz CT molecular complexity index is 1490. The third kappa shape index (κ3) is 2.16. The van der Waals surface area contributed by atoms with E-state index in [1.54, 1.807) is 0 Å². The van der Waals surface area contributed by atoms with Crippen molar-refractivity contribution in [1.29, 1.82) is 0 Å². The van der Waals surface area contributed by atoms with Crippen LogP contribution in [0.3, 0.4) is 0 Å². The van der Waals surface area contributed by atoms with E-state index in [1.807, 2.05) is 11.3 Å². The monoisotopic (exact) mass is 427 g/mol. The first-order chi connectivity index (χ1) is 13.3. The molecule has 0 atom stereocenters. The fourth-order valence-corrected chi connectivity index (χ4v) is 5.73. The van der Waals surface area contributed by atoms with Crippen molar-refractivity contribution < 1.29 is 0 Å². The lowest BCUT2D eigenvalue weighted by molar-refractivity contribution is 1.18. The highest BCUT2D eigenvalue weighted by atomic mass is 79.9. The maximum absolute atomic E-state index is 3.79. The second-order valence-corrected chi connectivity index (χ2v) is 8.71. The molecule has 0 spiro atoms. The lowest BCUT2D eigenvalue weighted by Gasteiger charge is -2.09. The zero-order valence-electron chi connectivity index (χ0n) is 14.3. The second kappa shape index (κ2) is 5.69. The summed E-state index contributed by atoms with van der Waals surface area (Å²) in [5.74, 6) is 0. The van der Waals surface area contributed by atoms with E-state index in [2.05, 4.69) is 105 Å². The average molecular weight is 428 g/mol. The van der Waals surface area contributed by atoms with Crippen molar-refractivity contribution in [3.63, 3.8) is 0 Å². The van der Waals surface area contributed by atoms with Gasteiger partial charge in [0.15, 0.2) is 0 Å². The molecule has 0 radical (unpaired) electrons. The topological polar surface area (TPSA) is 4.93 Å². The zero-order valence-corrected chi connectivity index (χ0v) is 16.7. The summed E-state index contributed by atoms with van der Waals surface area (Å²) in [6, 6.07) is 30.6. The van der Waals surface area contributed by atoms with Crippen molar-refractivity contribution in [2.45, 2.75) is 0 Å². The Balaban J connectivity index is 1.78. The average Bonchev–Trinajstić information content (AvgIpc) is 3.24. The van der Waals surface area contributed by atoms with E-state index in [4.69, 9.17) is 0 Å². The molecule has 0 unspecified atom stereocenters. The second-order valence-electron chi connectivity index (χ2n) is 6.77. The summed E-state index contributed by atoms with van der Waals surface area (Å²) in [5.41, 5.74) is 3.65. The van der Waals surface area contributed by atoms with Gasteiger partial charge in [0, 0.05) is 41.1 Å². The number of rotatable bonds is 1. The van der Waals surface area contributed by atoms with Gasteiger partial charge in [0.1, 0.15) is 0 Å². The summed E-state index contributed by atoms with van der Waals surface area (Å²) in [6.45, 7) is 0. The number of halogens is 1. The maximum Gasteiger partial charge on any atom is 0.0683 e. The smallest absolute Gasteiger partial charge is 0.0683 e. The summed E-state index contributed by atoms with van der Waals surface area (Å²) >= 11 is 5.65. The Labute approximate surface area is 168 Å². The summed E-state index contributed by atoms with van der Waals surface area (Å²) in [7, 11) is 0. The Morgan fingerprint density at radius 1 is 0.630 bits per heavy atom. The molecule has 1 nitrogen and oxygen atoms in total. The zero-order chi connectivity index (χ0) is 18.0. The van der Waals surface area contributed by atoms with Gasteiger partial charge in [-0.05, 0) is 52.3 Å². The van der Waals surface area contributed by atoms with E-state index in [-0.39, 0.29) is 0 Å². The van der Waals surface area contributed by atoms with Crippen LogP contribution in [0.5, 0.6) is 0 Å². The molecule has 2 heterocycles. The third-order valence-electron chi connectivity index (χ3n) is 5.26. The van der Waals surface area contributed by atoms with E-state index in [0.717, 1.165) is 4.47 Å². The Morgan fingerprint density at radius 3 is 2.30 bits per heavy atom. The summed E-state index contributed by atoms with van der Waals surface area (Å²) < 4.78 is 6.17. The minimum Gasteiger partial charge on any atom is -0.308 e. The molecule has 0 aliphatic heterocycles. The van der Waals surface area contributed by atoms with Crippen LogP contribution in [0.1, 0.15) is 0 Å². The molecular weight excluding hydrogens is 414 g/mol. The predicted molar refractivity (Wildman–Crippen MR) is 121 cm³/mol. The van der Waals surface area contributed by atoms with Gasteiger partial charge in [0.05, 0.1) is 11.0 Å². The van der Waals surface area contributed by atoms with Crippen LogP contribution in [-0.4, -0.2) is 4.57 Å². The molecule has 0 amide bonds. The molecule has 0 N–H and O–H groups in total. The molecule has 27 heavy (non-hydrogen) atoms. The van der Waals surface area contributed by atoms with Crippen LogP contribution >= 0.6 is 27.3 Å². The van der Waals surface area contributed by atoms with Crippen LogP contribution in [0.15, 0.2) is 89.4 Å². The fraction of sp³-hybridized carbons (Fsp3) is 0. The van der Waals surface area contributed by atoms with Gasteiger partial charge in [-0.2, -0.15) is 0 Å². The standard InChI is InChI=1S/C24H14BrNS/c25-20-9-5-8-18-16-6-1-3-10-21(16)26(24(18)20)15-12-13-23-19(14-15)17-7-2-4-11-22(17)27-23/h1-14H. The first-order valence-electron chi connectivity index (χ1n) is 8.90. The molecule has 0 fully saturated rings. The Kier molecular flexibility index (Phi) is 3.25. The number of benzene rings is 4. The number of para-hydroxylation sites is 2. The minimum absolute atomic E-state index is 1.12. The predicted octanol–water partition coefficient (Wildman–Crippen LogP) is 7.91. The molecule has 0 saturated heterocycles. The highest BCUT2D eigenvalue weighted by Gasteiger charge is 2.15. The Hall–Kier alpha value is -2.62. The van der Waals surface area contributed by atoms with Gasteiger partial charge in [-0.3, -0.25) is 0 Å². The molecule has 6 aromatic rings. The normalized spacial score (nSPS) is 11.9. The van der Waals surface area contributed by atoms with Gasteiger partial charge in [0.2, 0.25) is 0 Å². The van der Waals surface area contributed by atoms with Crippen molar-refractivity contribution in [1.82, 2.24) is 4.57 Å². The molecule has 0 saturated carbocycles. The number of nitrogens with zero attached hydrogens (tertiary/aromatic N) is 1. The van der Waals surface area contributed by atoms with E-state index in [0.29, 0.717) is 0 Å². The van der Waals surface area contributed by atoms with E-state index < -0.39 is 0 Å². The largest absolute Gasteiger partial charge is 0.308 e. The lowest BCUT2D eigenvalue weighted by Crippen LogP contribution is -1.93. The first kappa shape index (κ1) is 15.4. The van der Waals surface area contributed by atoms with Crippen molar-refractivity contribution in [2.24, 2.45) is 0 Å². The third-order valence-corrected chi connectivity index (χ3v) is 7.06. The number of fused-ring (bicyclic) bond motifs is 6. The molecule has 3 heteroatoms. The Morgan fingerprint density at radius 2 is 1.37 bits per heavy atom. The summed E-state index contributed by atoms with van der Waals surface area (Å²) in [4.78, 5) is 0. The van der Waals surface area contributed by atoms with Crippen LogP contribution in [0.4, 0.5) is 0 Å². The minimum atomic E-state index is 1.12. The summed E-state index contributed by atoms with van der Waals surface area (Å²) in [5, 5.41) is 5.21. The van der Waals surface area contributed by atoms with Crippen molar-refractivity contribution in [3.8, 4) is 5.69 Å². The molecule has 0 bridgehead atoms. The van der Waals surface area contributed by atoms with E-state index >= 15 is 0 Å². The van der Waals surface area contributed by atoms with Crippen LogP contribution in [0.25, 0.3) is 47.7 Å². The van der Waals surface area contributed by atoms with Gasteiger partial charge >= 0.3 is 0 Å². The van der Waals surface area contributed by atoms with Crippen molar-refractivity contribution in [3.05, 3.63) is 89.4 Å². The molecule has 128 valence electrons. The SMILES string of the molecule is Brc1cccc2c3ccccc3n(-c3ccc4sc5ccccc5c4c3)c12.